The van der Waals surface area contributed by atoms with Gasteiger partial charge < -0.3 is 24.4 Å². The second-order valence-electron chi connectivity index (χ2n) is 7.52. The van der Waals surface area contributed by atoms with Crippen molar-refractivity contribution in [2.24, 2.45) is 0 Å². The third kappa shape index (κ3) is 7.30. The van der Waals surface area contributed by atoms with Crippen LogP contribution in [0.4, 0.5) is 0 Å². The molecule has 0 aliphatic carbocycles. The maximum absolute atomic E-state index is 12.0. The molecule has 158 valence electrons. The van der Waals surface area contributed by atoms with E-state index < -0.39 is 24.0 Å². The van der Waals surface area contributed by atoms with Crippen LogP contribution in [0.15, 0.2) is 18.2 Å². The van der Waals surface area contributed by atoms with Gasteiger partial charge in [0, 0.05) is 18.7 Å². The van der Waals surface area contributed by atoms with E-state index in [9.17, 15) is 14.4 Å². The third-order valence-electron chi connectivity index (χ3n) is 3.69. The number of hydrogen-bond acceptors (Lipinski definition) is 6. The number of ether oxygens (including phenoxy) is 3. The van der Waals surface area contributed by atoms with Crippen molar-refractivity contribution in [1.82, 2.24) is 10.2 Å². The van der Waals surface area contributed by atoms with Gasteiger partial charge in [0.1, 0.15) is 13.2 Å². The van der Waals surface area contributed by atoms with E-state index in [1.165, 1.54) is 24.1 Å². The minimum absolute atomic E-state index is 0.126. The molecule has 1 aromatic rings. The number of nitrogens with zero attached hydrogens (tertiary/aromatic N) is 1. The molecule has 0 fully saturated rings. The first-order valence-electron chi connectivity index (χ1n) is 9.04. The molecule has 1 heterocycles. The molecule has 1 N–H and O–H groups in total. The molecular weight excluding hydrogens is 400 g/mol. The zero-order valence-electron chi connectivity index (χ0n) is 16.9. The summed E-state index contributed by atoms with van der Waals surface area (Å²) in [7, 11) is 1.46. The molecular formula is C20H25ClN2O6. The number of amides is 2. The van der Waals surface area contributed by atoms with Crippen LogP contribution >= 0.6 is 11.6 Å². The van der Waals surface area contributed by atoms with E-state index in [0.717, 1.165) is 0 Å². The Balaban J connectivity index is 1.84. The van der Waals surface area contributed by atoms with Crippen LogP contribution in [0.25, 0.3) is 6.08 Å². The molecule has 0 bridgehead atoms. The summed E-state index contributed by atoms with van der Waals surface area (Å²) in [5.41, 5.74) is 0.230. The minimum atomic E-state index is -0.697. The second kappa shape index (κ2) is 9.65. The van der Waals surface area contributed by atoms with Gasteiger partial charge in [0.05, 0.1) is 11.6 Å². The number of nitrogens with one attached hydrogen (secondary N) is 1. The summed E-state index contributed by atoms with van der Waals surface area (Å²) in [5.74, 6) is -0.506. The Hall–Kier alpha value is -2.74. The van der Waals surface area contributed by atoms with Gasteiger partial charge >= 0.3 is 5.97 Å². The molecule has 0 aromatic heterocycles. The van der Waals surface area contributed by atoms with Crippen LogP contribution in [0, 0.1) is 0 Å². The maximum Gasteiger partial charge on any atom is 0.331 e. The summed E-state index contributed by atoms with van der Waals surface area (Å²) in [6, 6.07) is 3.32. The molecule has 2 amide bonds. The number of rotatable bonds is 6. The predicted molar refractivity (Wildman–Crippen MR) is 108 cm³/mol. The van der Waals surface area contributed by atoms with E-state index in [2.05, 4.69) is 5.32 Å². The van der Waals surface area contributed by atoms with Crippen LogP contribution in [-0.2, 0) is 19.1 Å². The number of fused-ring (bicyclic) bond motifs is 1. The number of benzene rings is 1. The highest BCUT2D eigenvalue weighted by atomic mass is 35.5. The van der Waals surface area contributed by atoms with E-state index in [1.807, 2.05) is 20.8 Å². The average Bonchev–Trinajstić information content (AvgIpc) is 2.62. The van der Waals surface area contributed by atoms with Gasteiger partial charge in [-0.25, -0.2) is 4.79 Å². The summed E-state index contributed by atoms with van der Waals surface area (Å²) >= 11 is 6.14. The van der Waals surface area contributed by atoms with Crippen molar-refractivity contribution in [3.63, 3.8) is 0 Å². The first-order chi connectivity index (χ1) is 13.5. The molecule has 1 aliphatic heterocycles. The lowest BCUT2D eigenvalue weighted by Gasteiger charge is -2.23. The van der Waals surface area contributed by atoms with Gasteiger partial charge in [-0.1, -0.05) is 11.6 Å². The zero-order chi connectivity index (χ0) is 21.6. The third-order valence-corrected chi connectivity index (χ3v) is 3.97. The van der Waals surface area contributed by atoms with E-state index in [0.29, 0.717) is 35.3 Å². The van der Waals surface area contributed by atoms with Crippen LogP contribution in [0.3, 0.4) is 0 Å². The second-order valence-corrected chi connectivity index (χ2v) is 7.92. The van der Waals surface area contributed by atoms with Crippen molar-refractivity contribution in [2.45, 2.75) is 26.3 Å². The Bertz CT molecular complexity index is 816. The lowest BCUT2D eigenvalue weighted by Crippen LogP contribution is -2.46. The maximum atomic E-state index is 12.0. The van der Waals surface area contributed by atoms with E-state index in [4.69, 9.17) is 25.8 Å². The first kappa shape index (κ1) is 22.5. The SMILES string of the molecule is CN(CC(=O)NC(C)(C)C)C(=O)COC(=O)/C=C/c1cc(Cl)c2c(c1)OCCO2. The molecule has 0 radical (unpaired) electrons. The fourth-order valence-electron chi connectivity index (χ4n) is 2.44. The molecule has 8 nitrogen and oxygen atoms in total. The van der Waals surface area contributed by atoms with Crippen LogP contribution in [-0.4, -0.2) is 61.6 Å². The van der Waals surface area contributed by atoms with Gasteiger partial charge in [-0.2, -0.15) is 0 Å². The highest BCUT2D eigenvalue weighted by molar-refractivity contribution is 6.32. The number of hydrogen-bond donors (Lipinski definition) is 1. The van der Waals surface area contributed by atoms with Crippen molar-refractivity contribution in [1.29, 1.82) is 0 Å². The molecule has 2 rings (SSSR count). The standard InChI is InChI=1S/C20H25ClN2O6/c1-20(2,3)22-16(24)11-23(4)17(25)12-29-18(26)6-5-13-9-14(21)19-15(10-13)27-7-8-28-19/h5-6,9-10H,7-8,11-12H2,1-4H3,(H,22,24)/b6-5+. The normalized spacial score (nSPS) is 13.1. The topological polar surface area (TPSA) is 94.2 Å². The molecule has 29 heavy (non-hydrogen) atoms. The van der Waals surface area contributed by atoms with Gasteiger partial charge in [0.15, 0.2) is 18.1 Å². The summed E-state index contributed by atoms with van der Waals surface area (Å²) in [5, 5.41) is 3.13. The molecule has 0 saturated carbocycles. The molecule has 0 atom stereocenters. The lowest BCUT2D eigenvalue weighted by atomic mass is 10.1. The van der Waals surface area contributed by atoms with Crippen molar-refractivity contribution < 1.29 is 28.6 Å². The quantitative estimate of drug-likeness (QED) is 0.554. The van der Waals surface area contributed by atoms with Crippen LogP contribution in [0.1, 0.15) is 26.3 Å². The van der Waals surface area contributed by atoms with Gasteiger partial charge in [0.2, 0.25) is 5.91 Å². The molecule has 1 aromatic carbocycles. The van der Waals surface area contributed by atoms with Crippen LogP contribution in [0.5, 0.6) is 11.5 Å². The van der Waals surface area contributed by atoms with Crippen LogP contribution < -0.4 is 14.8 Å². The zero-order valence-corrected chi connectivity index (χ0v) is 17.7. The van der Waals surface area contributed by atoms with Gasteiger partial charge in [-0.15, -0.1) is 0 Å². The molecule has 9 heteroatoms. The van der Waals surface area contributed by atoms with Gasteiger partial charge in [-0.05, 0) is 44.5 Å². The van der Waals surface area contributed by atoms with Crippen LogP contribution in [0.2, 0.25) is 5.02 Å². The molecule has 0 spiro atoms. The Labute approximate surface area is 174 Å². The van der Waals surface area contributed by atoms with E-state index in [-0.39, 0.29) is 12.5 Å². The van der Waals surface area contributed by atoms with Gasteiger partial charge in [0.25, 0.3) is 5.91 Å². The Morgan fingerprint density at radius 1 is 1.24 bits per heavy atom. The lowest BCUT2D eigenvalue weighted by molar-refractivity contribution is -0.148. The predicted octanol–water partition coefficient (Wildman–Crippen LogP) is 2.04. The van der Waals surface area contributed by atoms with E-state index >= 15 is 0 Å². The van der Waals surface area contributed by atoms with Crippen molar-refractivity contribution in [3.8, 4) is 11.5 Å². The fraction of sp³-hybridized carbons (Fsp3) is 0.450. The molecule has 0 saturated heterocycles. The van der Waals surface area contributed by atoms with E-state index in [1.54, 1.807) is 12.1 Å². The molecule has 0 unspecified atom stereocenters. The van der Waals surface area contributed by atoms with Gasteiger partial charge in [-0.3, -0.25) is 9.59 Å². The Kier molecular flexibility index (Phi) is 7.50. The number of halogens is 1. The van der Waals surface area contributed by atoms with Crippen molar-refractivity contribution in [3.05, 3.63) is 28.8 Å². The summed E-state index contributed by atoms with van der Waals surface area (Å²) in [6.45, 7) is 5.78. The largest absolute Gasteiger partial charge is 0.486 e. The monoisotopic (exact) mass is 424 g/mol. The number of carbonyl (C=O) groups excluding carboxylic acids is 3. The Morgan fingerprint density at radius 2 is 1.93 bits per heavy atom. The highest BCUT2D eigenvalue weighted by Crippen LogP contribution is 2.38. The van der Waals surface area contributed by atoms with Crippen molar-refractivity contribution >= 4 is 35.5 Å². The smallest absolute Gasteiger partial charge is 0.331 e. The number of likely N-dealkylation sites (N-methyl/N-ethyl adjacent to an activating group) is 1. The minimum Gasteiger partial charge on any atom is -0.486 e. The number of esters is 1. The summed E-state index contributed by atoms with van der Waals surface area (Å²) in [4.78, 5) is 36.9. The van der Waals surface area contributed by atoms with Crippen molar-refractivity contribution in [2.75, 3.05) is 33.4 Å². The molecule has 1 aliphatic rings. The fourth-order valence-corrected chi connectivity index (χ4v) is 2.72. The number of carbonyl (C=O) groups is 3. The first-order valence-corrected chi connectivity index (χ1v) is 9.42. The summed E-state index contributed by atoms with van der Waals surface area (Å²) < 4.78 is 15.8. The summed E-state index contributed by atoms with van der Waals surface area (Å²) in [6.07, 6.45) is 2.68. The average molecular weight is 425 g/mol. The highest BCUT2D eigenvalue weighted by Gasteiger charge is 2.19. The Morgan fingerprint density at radius 3 is 2.62 bits per heavy atom.